The van der Waals surface area contributed by atoms with Crippen molar-refractivity contribution in [1.82, 2.24) is 0 Å². The number of fused-ring (bicyclic) bond motifs is 7. The average Bonchev–Trinajstić information content (AvgIpc) is 3.25. The molecule has 5 aliphatic carbocycles. The Kier molecular flexibility index (Phi) is 4.52. The van der Waals surface area contributed by atoms with Crippen molar-refractivity contribution in [3.63, 3.8) is 0 Å². The van der Waals surface area contributed by atoms with Gasteiger partial charge in [0.2, 0.25) is 0 Å². The standard InChI is InChI=1S/C26H38O4/c1-15(27)29-18-10-12-24(3)17(14-18)6-7-19-20-8-9-22-23(26(22,5)30-16(2)28)25(20,4)13-11-21(19)24/h6,18-23H,7-14H2,1-5H3/t18-,19?,20?,21?,22?,23?,24-,25-,26?/m0/s1. The maximum absolute atomic E-state index is 11.8. The van der Waals surface area contributed by atoms with Gasteiger partial charge in [-0.15, -0.1) is 0 Å². The molecule has 4 nitrogen and oxygen atoms in total. The van der Waals surface area contributed by atoms with E-state index in [2.05, 4.69) is 26.8 Å². The smallest absolute Gasteiger partial charge is 0.303 e. The van der Waals surface area contributed by atoms with E-state index in [1.54, 1.807) is 12.5 Å². The Bertz CT molecular complexity index is 801. The fraction of sp³-hybridized carbons (Fsp3) is 0.846. The molecule has 5 aliphatic rings. The molecule has 5 rings (SSSR count). The summed E-state index contributed by atoms with van der Waals surface area (Å²) in [6, 6.07) is 0. The van der Waals surface area contributed by atoms with Gasteiger partial charge in [0, 0.05) is 32.1 Å². The molecule has 166 valence electrons. The van der Waals surface area contributed by atoms with Gasteiger partial charge < -0.3 is 9.47 Å². The Labute approximate surface area is 181 Å². The molecule has 0 saturated heterocycles. The van der Waals surface area contributed by atoms with E-state index in [0.717, 1.165) is 37.0 Å². The zero-order chi connectivity index (χ0) is 21.5. The molecule has 4 saturated carbocycles. The van der Waals surface area contributed by atoms with E-state index in [1.165, 1.54) is 39.0 Å². The Morgan fingerprint density at radius 2 is 1.67 bits per heavy atom. The van der Waals surface area contributed by atoms with Gasteiger partial charge >= 0.3 is 11.9 Å². The van der Waals surface area contributed by atoms with Gasteiger partial charge in [-0.1, -0.05) is 25.5 Å². The molecule has 0 aliphatic heterocycles. The van der Waals surface area contributed by atoms with Crippen LogP contribution in [0.15, 0.2) is 11.6 Å². The van der Waals surface area contributed by atoms with Crippen LogP contribution in [0, 0.1) is 40.4 Å². The molecule has 0 bridgehead atoms. The minimum absolute atomic E-state index is 0.0681. The predicted octanol–water partition coefficient (Wildman–Crippen LogP) is 5.45. The second-order valence-electron chi connectivity index (χ2n) is 11.7. The molecule has 6 unspecified atom stereocenters. The molecule has 0 heterocycles. The zero-order valence-corrected chi connectivity index (χ0v) is 19.3. The summed E-state index contributed by atoms with van der Waals surface area (Å²) in [5, 5.41) is 0. The van der Waals surface area contributed by atoms with Crippen LogP contribution in [0.5, 0.6) is 0 Å². The summed E-state index contributed by atoms with van der Waals surface area (Å²) in [5.74, 6) is 3.03. The highest BCUT2D eigenvalue weighted by atomic mass is 16.6. The normalized spacial score (nSPS) is 51.3. The molecule has 0 aromatic heterocycles. The SMILES string of the molecule is CC(=O)O[C@H]1CC[C@@]2(C)C(=CCC3C4CCC5C(C5(C)OC(C)=O)[C@@]4(C)CCC32)C1. The lowest BCUT2D eigenvalue weighted by Gasteiger charge is -2.60. The van der Waals surface area contributed by atoms with E-state index in [0.29, 0.717) is 17.3 Å². The minimum Gasteiger partial charge on any atom is -0.462 e. The highest BCUT2D eigenvalue weighted by Gasteiger charge is 2.75. The van der Waals surface area contributed by atoms with Crippen molar-refractivity contribution in [1.29, 1.82) is 0 Å². The van der Waals surface area contributed by atoms with Crippen molar-refractivity contribution in [2.24, 2.45) is 40.4 Å². The summed E-state index contributed by atoms with van der Waals surface area (Å²) < 4.78 is 11.5. The van der Waals surface area contributed by atoms with Gasteiger partial charge in [-0.2, -0.15) is 0 Å². The molecule has 0 N–H and O–H groups in total. The Balaban J connectivity index is 1.39. The molecule has 4 heteroatoms. The summed E-state index contributed by atoms with van der Waals surface area (Å²) in [6.45, 7) is 10.3. The zero-order valence-electron chi connectivity index (χ0n) is 19.3. The quantitative estimate of drug-likeness (QED) is 0.445. The van der Waals surface area contributed by atoms with Gasteiger partial charge in [0.1, 0.15) is 11.7 Å². The topological polar surface area (TPSA) is 52.6 Å². The van der Waals surface area contributed by atoms with E-state index in [1.807, 2.05) is 0 Å². The summed E-state index contributed by atoms with van der Waals surface area (Å²) in [5.41, 5.74) is 1.88. The van der Waals surface area contributed by atoms with Gasteiger partial charge in [-0.05, 0) is 80.5 Å². The highest BCUT2D eigenvalue weighted by Crippen LogP contribution is 2.75. The van der Waals surface area contributed by atoms with Crippen molar-refractivity contribution in [2.75, 3.05) is 0 Å². The molecule has 0 aromatic rings. The van der Waals surface area contributed by atoms with Gasteiger partial charge in [-0.25, -0.2) is 0 Å². The molecule has 0 spiro atoms. The lowest BCUT2D eigenvalue weighted by atomic mass is 9.45. The minimum atomic E-state index is -0.232. The van der Waals surface area contributed by atoms with Crippen molar-refractivity contribution >= 4 is 11.9 Å². The molecule has 0 aromatic carbocycles. The van der Waals surface area contributed by atoms with Crippen molar-refractivity contribution in [3.8, 4) is 0 Å². The molecule has 0 amide bonds. The molecule has 0 radical (unpaired) electrons. The fourth-order valence-electron chi connectivity index (χ4n) is 9.19. The first-order valence-corrected chi connectivity index (χ1v) is 12.2. The van der Waals surface area contributed by atoms with Gasteiger partial charge in [0.15, 0.2) is 0 Å². The van der Waals surface area contributed by atoms with Crippen LogP contribution < -0.4 is 0 Å². The van der Waals surface area contributed by atoms with Gasteiger partial charge in [0.25, 0.3) is 0 Å². The van der Waals surface area contributed by atoms with Crippen LogP contribution >= 0.6 is 0 Å². The van der Waals surface area contributed by atoms with Crippen LogP contribution in [-0.2, 0) is 19.1 Å². The number of allylic oxidation sites excluding steroid dienone is 1. The van der Waals surface area contributed by atoms with Crippen molar-refractivity contribution in [2.45, 2.75) is 97.7 Å². The van der Waals surface area contributed by atoms with Crippen LogP contribution in [0.1, 0.15) is 86.0 Å². The Morgan fingerprint density at radius 1 is 0.933 bits per heavy atom. The third-order valence-corrected chi connectivity index (χ3v) is 10.3. The number of carbonyl (C=O) groups excluding carboxylic acids is 2. The molecule has 30 heavy (non-hydrogen) atoms. The summed E-state index contributed by atoms with van der Waals surface area (Å²) >= 11 is 0. The molecule has 4 fully saturated rings. The second-order valence-corrected chi connectivity index (χ2v) is 11.7. The number of hydrogen-bond donors (Lipinski definition) is 0. The summed E-state index contributed by atoms with van der Waals surface area (Å²) in [7, 11) is 0. The lowest BCUT2D eigenvalue weighted by molar-refractivity contribution is -0.152. The largest absolute Gasteiger partial charge is 0.462 e. The number of hydrogen-bond acceptors (Lipinski definition) is 4. The second kappa shape index (κ2) is 6.59. The van der Waals surface area contributed by atoms with Crippen LogP contribution in [0.4, 0.5) is 0 Å². The van der Waals surface area contributed by atoms with Gasteiger partial charge in [-0.3, -0.25) is 9.59 Å². The fourth-order valence-corrected chi connectivity index (χ4v) is 9.19. The van der Waals surface area contributed by atoms with Crippen LogP contribution in [0.2, 0.25) is 0 Å². The van der Waals surface area contributed by atoms with Crippen LogP contribution in [0.25, 0.3) is 0 Å². The molecular formula is C26H38O4. The highest BCUT2D eigenvalue weighted by molar-refractivity contribution is 5.67. The van der Waals surface area contributed by atoms with E-state index >= 15 is 0 Å². The van der Waals surface area contributed by atoms with E-state index in [4.69, 9.17) is 9.47 Å². The predicted molar refractivity (Wildman–Crippen MR) is 114 cm³/mol. The average molecular weight is 415 g/mol. The Hall–Kier alpha value is -1.32. The van der Waals surface area contributed by atoms with Gasteiger partial charge in [0.05, 0.1) is 0 Å². The number of esters is 2. The monoisotopic (exact) mass is 414 g/mol. The number of carbonyl (C=O) groups is 2. The maximum Gasteiger partial charge on any atom is 0.303 e. The van der Waals surface area contributed by atoms with E-state index in [9.17, 15) is 9.59 Å². The van der Waals surface area contributed by atoms with Crippen molar-refractivity contribution in [3.05, 3.63) is 11.6 Å². The third-order valence-electron chi connectivity index (χ3n) is 10.3. The summed E-state index contributed by atoms with van der Waals surface area (Å²) in [4.78, 5) is 23.2. The van der Waals surface area contributed by atoms with Crippen molar-refractivity contribution < 1.29 is 19.1 Å². The first-order chi connectivity index (χ1) is 14.1. The van der Waals surface area contributed by atoms with E-state index in [-0.39, 0.29) is 29.1 Å². The summed E-state index contributed by atoms with van der Waals surface area (Å²) in [6.07, 6.45) is 11.8. The Morgan fingerprint density at radius 3 is 2.37 bits per heavy atom. The number of ether oxygens (including phenoxy) is 2. The maximum atomic E-state index is 11.8. The first-order valence-electron chi connectivity index (χ1n) is 12.2. The number of rotatable bonds is 2. The van der Waals surface area contributed by atoms with Crippen LogP contribution in [-0.4, -0.2) is 23.6 Å². The molecule has 9 atom stereocenters. The third kappa shape index (κ3) is 2.77. The molecular weight excluding hydrogens is 376 g/mol. The van der Waals surface area contributed by atoms with E-state index < -0.39 is 0 Å². The first kappa shape index (κ1) is 20.6. The van der Waals surface area contributed by atoms with Crippen LogP contribution in [0.3, 0.4) is 0 Å². The lowest BCUT2D eigenvalue weighted by Crippen LogP contribution is -2.52.